The smallest absolute Gasteiger partial charge is 0.188 e. The molecule has 1 heterocycles. The van der Waals surface area contributed by atoms with Gasteiger partial charge in [-0.25, -0.2) is 13.4 Å². The highest BCUT2D eigenvalue weighted by Gasteiger charge is 2.31. The lowest BCUT2D eigenvalue weighted by Gasteiger charge is -2.16. The van der Waals surface area contributed by atoms with Crippen LogP contribution < -0.4 is 0 Å². The summed E-state index contributed by atoms with van der Waals surface area (Å²) in [5.74, 6) is 0.260. The molecule has 2 aromatic carbocycles. The molecule has 0 aliphatic carbocycles. The molecular weight excluding hydrogens is 358 g/mol. The van der Waals surface area contributed by atoms with Crippen molar-refractivity contribution in [3.63, 3.8) is 0 Å². The van der Waals surface area contributed by atoms with Gasteiger partial charge in [0.05, 0.1) is 16.8 Å². The molecule has 5 nitrogen and oxygen atoms in total. The molecule has 0 aliphatic rings. The van der Waals surface area contributed by atoms with Gasteiger partial charge in [-0.05, 0) is 18.6 Å². The zero-order chi connectivity index (χ0) is 19.1. The van der Waals surface area contributed by atoms with Gasteiger partial charge in [0.2, 0.25) is 0 Å². The first-order chi connectivity index (χ1) is 13.1. The van der Waals surface area contributed by atoms with E-state index in [-0.39, 0.29) is 5.82 Å². The van der Waals surface area contributed by atoms with Gasteiger partial charge in [0.25, 0.3) is 0 Å². The largest absolute Gasteiger partial charge is 0.228 e. The molecule has 1 atom stereocenters. The van der Waals surface area contributed by atoms with Gasteiger partial charge in [-0.1, -0.05) is 74.7 Å². The molecular formula is C21H23N3O2S. The van der Waals surface area contributed by atoms with Crippen LogP contribution in [-0.2, 0) is 9.84 Å². The minimum absolute atomic E-state index is 0.260. The van der Waals surface area contributed by atoms with E-state index in [1.54, 1.807) is 36.5 Å². The molecule has 0 saturated carbocycles. The fourth-order valence-corrected chi connectivity index (χ4v) is 4.70. The van der Waals surface area contributed by atoms with E-state index in [4.69, 9.17) is 0 Å². The summed E-state index contributed by atoms with van der Waals surface area (Å²) in [6, 6.07) is 18.1. The summed E-state index contributed by atoms with van der Waals surface area (Å²) in [6.07, 6.45) is 4.82. The van der Waals surface area contributed by atoms with E-state index in [9.17, 15) is 8.42 Å². The second kappa shape index (κ2) is 8.86. The summed E-state index contributed by atoms with van der Waals surface area (Å²) in [4.78, 5) is 4.85. The van der Waals surface area contributed by atoms with Gasteiger partial charge in [0, 0.05) is 5.56 Å². The average Bonchev–Trinajstić information content (AvgIpc) is 2.72. The maximum absolute atomic E-state index is 13.3. The highest BCUT2D eigenvalue weighted by atomic mass is 32.2. The van der Waals surface area contributed by atoms with Gasteiger partial charge in [0.1, 0.15) is 5.25 Å². The second-order valence-corrected chi connectivity index (χ2v) is 8.54. The Balaban J connectivity index is 2.01. The van der Waals surface area contributed by atoms with Crippen molar-refractivity contribution in [1.29, 1.82) is 0 Å². The van der Waals surface area contributed by atoms with Crippen LogP contribution in [0.1, 0.15) is 43.7 Å². The number of nitrogens with zero attached hydrogens (tertiary/aromatic N) is 3. The van der Waals surface area contributed by atoms with Crippen molar-refractivity contribution in [2.75, 3.05) is 0 Å². The summed E-state index contributed by atoms with van der Waals surface area (Å²) < 4.78 is 26.5. The Morgan fingerprint density at radius 3 is 2.26 bits per heavy atom. The molecule has 1 aromatic heterocycles. The lowest BCUT2D eigenvalue weighted by atomic mass is 10.1. The monoisotopic (exact) mass is 381 g/mol. The van der Waals surface area contributed by atoms with E-state index in [0.29, 0.717) is 17.0 Å². The van der Waals surface area contributed by atoms with Crippen molar-refractivity contribution >= 4 is 9.84 Å². The standard InChI is InChI=1S/C21H23N3O2S/c1-2-3-6-15-20(27(25,26)18-13-9-5-10-14-18)21-23-19(16-22-24-21)17-11-7-4-8-12-17/h4-5,7-14,16,20H,2-3,6,15H2,1H3. The number of rotatable bonds is 8. The van der Waals surface area contributed by atoms with Crippen LogP contribution in [0.4, 0.5) is 0 Å². The first-order valence-electron chi connectivity index (χ1n) is 9.17. The van der Waals surface area contributed by atoms with E-state index in [1.807, 2.05) is 30.3 Å². The molecule has 0 fully saturated rings. The van der Waals surface area contributed by atoms with Gasteiger partial charge in [0.15, 0.2) is 15.7 Å². The summed E-state index contributed by atoms with van der Waals surface area (Å²) in [7, 11) is -3.60. The maximum Gasteiger partial charge on any atom is 0.188 e. The van der Waals surface area contributed by atoms with Crippen molar-refractivity contribution in [1.82, 2.24) is 15.2 Å². The minimum Gasteiger partial charge on any atom is -0.228 e. The average molecular weight is 382 g/mol. The first kappa shape index (κ1) is 19.2. The third-order valence-electron chi connectivity index (χ3n) is 4.45. The van der Waals surface area contributed by atoms with Gasteiger partial charge in [-0.15, -0.1) is 5.10 Å². The Morgan fingerprint density at radius 2 is 1.59 bits per heavy atom. The lowest BCUT2D eigenvalue weighted by molar-refractivity contribution is 0.554. The summed E-state index contributed by atoms with van der Waals surface area (Å²) in [6.45, 7) is 2.09. The van der Waals surface area contributed by atoms with E-state index < -0.39 is 15.1 Å². The zero-order valence-corrected chi connectivity index (χ0v) is 16.1. The number of hydrogen-bond donors (Lipinski definition) is 0. The minimum atomic E-state index is -3.60. The molecule has 3 aromatic rings. The molecule has 3 rings (SSSR count). The molecule has 0 aliphatic heterocycles. The number of hydrogen-bond acceptors (Lipinski definition) is 5. The van der Waals surface area contributed by atoms with E-state index in [2.05, 4.69) is 22.1 Å². The van der Waals surface area contributed by atoms with Crippen LogP contribution in [0.25, 0.3) is 11.3 Å². The third-order valence-corrected chi connectivity index (χ3v) is 6.57. The molecule has 0 amide bonds. The molecule has 140 valence electrons. The highest BCUT2D eigenvalue weighted by molar-refractivity contribution is 7.91. The molecule has 0 spiro atoms. The van der Waals surface area contributed by atoms with E-state index in [0.717, 1.165) is 24.8 Å². The first-order valence-corrected chi connectivity index (χ1v) is 10.7. The normalized spacial score (nSPS) is 12.6. The topological polar surface area (TPSA) is 72.8 Å². The molecule has 6 heteroatoms. The SMILES string of the molecule is CCCCCC(c1nncc(-c2ccccc2)n1)S(=O)(=O)c1ccccc1. The summed E-state index contributed by atoms with van der Waals surface area (Å²) in [5.41, 5.74) is 1.52. The van der Waals surface area contributed by atoms with Gasteiger partial charge in [-0.2, -0.15) is 5.10 Å². The van der Waals surface area contributed by atoms with Crippen LogP contribution in [-0.4, -0.2) is 23.6 Å². The van der Waals surface area contributed by atoms with Gasteiger partial charge >= 0.3 is 0 Å². The predicted molar refractivity (Wildman–Crippen MR) is 106 cm³/mol. The van der Waals surface area contributed by atoms with Crippen LogP contribution in [0.2, 0.25) is 0 Å². The Bertz CT molecular complexity index is 961. The van der Waals surface area contributed by atoms with E-state index >= 15 is 0 Å². The van der Waals surface area contributed by atoms with Crippen molar-refractivity contribution in [3.05, 3.63) is 72.7 Å². The van der Waals surface area contributed by atoms with Crippen molar-refractivity contribution in [2.24, 2.45) is 0 Å². The predicted octanol–water partition coefficient (Wildman–Crippen LogP) is 4.63. The van der Waals surface area contributed by atoms with Crippen LogP contribution in [0.3, 0.4) is 0 Å². The Labute approximate surface area is 160 Å². The number of sulfone groups is 1. The Hall–Kier alpha value is -2.60. The molecule has 0 radical (unpaired) electrons. The molecule has 0 N–H and O–H groups in total. The van der Waals surface area contributed by atoms with E-state index in [1.165, 1.54) is 0 Å². The summed E-state index contributed by atoms with van der Waals surface area (Å²) in [5, 5.41) is 7.33. The maximum atomic E-state index is 13.3. The number of unbranched alkanes of at least 4 members (excludes halogenated alkanes) is 2. The fraction of sp³-hybridized carbons (Fsp3) is 0.286. The van der Waals surface area contributed by atoms with Crippen LogP contribution in [0, 0.1) is 0 Å². The third kappa shape index (κ3) is 4.57. The van der Waals surface area contributed by atoms with Crippen molar-refractivity contribution < 1.29 is 8.42 Å². The van der Waals surface area contributed by atoms with Crippen molar-refractivity contribution in [3.8, 4) is 11.3 Å². The lowest BCUT2D eigenvalue weighted by Crippen LogP contribution is -2.17. The van der Waals surface area contributed by atoms with Gasteiger partial charge in [-0.3, -0.25) is 0 Å². The Morgan fingerprint density at radius 1 is 0.926 bits per heavy atom. The van der Waals surface area contributed by atoms with Crippen molar-refractivity contribution in [2.45, 2.75) is 42.8 Å². The second-order valence-electron chi connectivity index (χ2n) is 6.41. The molecule has 0 bridgehead atoms. The molecule has 0 saturated heterocycles. The fourth-order valence-electron chi connectivity index (χ4n) is 2.98. The highest BCUT2D eigenvalue weighted by Crippen LogP contribution is 2.32. The number of benzene rings is 2. The van der Waals surface area contributed by atoms with Crippen LogP contribution in [0.5, 0.6) is 0 Å². The number of aromatic nitrogens is 3. The zero-order valence-electron chi connectivity index (χ0n) is 15.3. The molecule has 1 unspecified atom stereocenters. The molecule has 27 heavy (non-hydrogen) atoms. The Kier molecular flexibility index (Phi) is 6.29. The van der Waals surface area contributed by atoms with Crippen LogP contribution in [0.15, 0.2) is 71.8 Å². The van der Waals surface area contributed by atoms with Crippen LogP contribution >= 0.6 is 0 Å². The summed E-state index contributed by atoms with van der Waals surface area (Å²) >= 11 is 0. The van der Waals surface area contributed by atoms with Gasteiger partial charge < -0.3 is 0 Å². The quantitative estimate of drug-likeness (QED) is 0.532.